The van der Waals surface area contributed by atoms with E-state index >= 15 is 0 Å². The fraction of sp³-hybridized carbons (Fsp3) is 0.833. The molecule has 1 N–H and O–H groups in total. The third-order valence-corrected chi connectivity index (χ3v) is 2.22. The quantitative estimate of drug-likeness (QED) is 0.759. The van der Waals surface area contributed by atoms with Crippen LogP contribution >= 0.6 is 0 Å². The fourth-order valence-electron chi connectivity index (χ4n) is 1.58. The van der Waals surface area contributed by atoms with Crippen molar-refractivity contribution in [2.75, 3.05) is 6.54 Å². The van der Waals surface area contributed by atoms with Gasteiger partial charge >= 0.3 is 5.97 Å². The monoisotopic (exact) mass is 231 g/mol. The van der Waals surface area contributed by atoms with Crippen LogP contribution in [0.5, 0.6) is 0 Å². The number of rotatable bonds is 3. The van der Waals surface area contributed by atoms with E-state index < -0.39 is 5.97 Å². The number of nitrogens with zero attached hydrogens (tertiary/aromatic N) is 1. The van der Waals surface area contributed by atoms with E-state index in [-0.39, 0.29) is 12.5 Å². The zero-order chi connectivity index (χ0) is 13.0. The van der Waals surface area contributed by atoms with Crippen LogP contribution in [0.25, 0.3) is 0 Å². The summed E-state index contributed by atoms with van der Waals surface area (Å²) in [4.78, 5) is 22.5. The maximum atomic E-state index is 10.5. The summed E-state index contributed by atoms with van der Waals surface area (Å²) in [5, 5.41) is 8.54. The molecule has 16 heavy (non-hydrogen) atoms. The largest absolute Gasteiger partial charge is 0.481 e. The number of piperidine rings is 1. The lowest BCUT2D eigenvalue weighted by molar-refractivity contribution is -0.139. The zero-order valence-corrected chi connectivity index (χ0v) is 10.9. The van der Waals surface area contributed by atoms with Crippen molar-refractivity contribution in [2.24, 2.45) is 0 Å². The van der Waals surface area contributed by atoms with Crippen molar-refractivity contribution in [3.05, 3.63) is 0 Å². The minimum atomic E-state index is -0.825. The van der Waals surface area contributed by atoms with Crippen LogP contribution in [0.3, 0.4) is 0 Å². The highest BCUT2D eigenvalue weighted by atomic mass is 16.4. The van der Waals surface area contributed by atoms with Gasteiger partial charge in [0.25, 0.3) is 0 Å². The Morgan fingerprint density at radius 1 is 1.31 bits per heavy atom. The van der Waals surface area contributed by atoms with Gasteiger partial charge in [-0.1, -0.05) is 27.7 Å². The summed E-state index contributed by atoms with van der Waals surface area (Å²) >= 11 is 0. The molecule has 0 radical (unpaired) electrons. The van der Waals surface area contributed by atoms with Crippen LogP contribution in [0.2, 0.25) is 0 Å². The molecule has 1 atom stereocenters. The standard InChI is InChI=1S/C8H13NO3.2C2H6/c10-6-9-4-2-1-3-7(9)5-8(11)12;2*1-2/h6-7H,1-5H2,(H,11,12);2*1-2H3. The first-order chi connectivity index (χ1) is 7.74. The number of likely N-dealkylation sites (tertiary alicyclic amines) is 1. The number of carbonyl (C=O) groups is 2. The molecule has 0 saturated carbocycles. The van der Waals surface area contributed by atoms with Crippen molar-refractivity contribution in [1.82, 2.24) is 4.90 Å². The van der Waals surface area contributed by atoms with Gasteiger partial charge in [-0.15, -0.1) is 0 Å². The summed E-state index contributed by atoms with van der Waals surface area (Å²) in [5.41, 5.74) is 0. The topological polar surface area (TPSA) is 57.6 Å². The van der Waals surface area contributed by atoms with Gasteiger partial charge in [0.1, 0.15) is 0 Å². The first kappa shape index (κ1) is 17.3. The highest BCUT2D eigenvalue weighted by Crippen LogP contribution is 2.17. The molecule has 96 valence electrons. The highest BCUT2D eigenvalue weighted by molar-refractivity contribution is 5.68. The van der Waals surface area contributed by atoms with Crippen molar-refractivity contribution in [3.8, 4) is 0 Å². The molecule has 1 unspecified atom stereocenters. The van der Waals surface area contributed by atoms with E-state index in [1.165, 1.54) is 0 Å². The summed E-state index contributed by atoms with van der Waals surface area (Å²) in [6.07, 6.45) is 3.69. The molecule has 4 nitrogen and oxygen atoms in total. The number of carboxylic acids is 1. The van der Waals surface area contributed by atoms with Crippen molar-refractivity contribution in [3.63, 3.8) is 0 Å². The van der Waals surface area contributed by atoms with Crippen LogP contribution in [0.1, 0.15) is 53.4 Å². The first-order valence-corrected chi connectivity index (χ1v) is 6.17. The highest BCUT2D eigenvalue weighted by Gasteiger charge is 2.22. The van der Waals surface area contributed by atoms with Gasteiger partial charge < -0.3 is 10.0 Å². The van der Waals surface area contributed by atoms with E-state index in [9.17, 15) is 9.59 Å². The molecule has 1 saturated heterocycles. The lowest BCUT2D eigenvalue weighted by Gasteiger charge is -2.31. The smallest absolute Gasteiger partial charge is 0.305 e. The SMILES string of the molecule is CC.CC.O=CN1CCCCC1CC(=O)O. The number of hydrogen-bond donors (Lipinski definition) is 1. The molecular formula is C12H25NO3. The average molecular weight is 231 g/mol. The van der Waals surface area contributed by atoms with Crippen molar-refractivity contribution >= 4 is 12.4 Å². The van der Waals surface area contributed by atoms with Crippen molar-refractivity contribution < 1.29 is 14.7 Å². The maximum absolute atomic E-state index is 10.5. The Labute approximate surface area is 98.6 Å². The Balaban J connectivity index is 0. The molecule has 1 aliphatic rings. The van der Waals surface area contributed by atoms with Crippen LogP contribution in [0, 0.1) is 0 Å². The molecule has 0 spiro atoms. The van der Waals surface area contributed by atoms with E-state index in [0.717, 1.165) is 25.7 Å². The number of carbonyl (C=O) groups excluding carboxylic acids is 1. The van der Waals surface area contributed by atoms with Crippen LogP contribution < -0.4 is 0 Å². The first-order valence-electron chi connectivity index (χ1n) is 6.17. The third kappa shape index (κ3) is 7.26. The van der Waals surface area contributed by atoms with E-state index in [2.05, 4.69) is 0 Å². The van der Waals surface area contributed by atoms with E-state index in [4.69, 9.17) is 5.11 Å². The Hall–Kier alpha value is -1.06. The summed E-state index contributed by atoms with van der Waals surface area (Å²) in [5.74, 6) is -0.825. The molecule has 0 aromatic carbocycles. The Morgan fingerprint density at radius 2 is 1.88 bits per heavy atom. The predicted octanol–water partition coefficient (Wildman–Crippen LogP) is 2.52. The molecule has 0 aromatic heterocycles. The van der Waals surface area contributed by atoms with E-state index in [1.54, 1.807) is 4.90 Å². The molecule has 1 amide bonds. The third-order valence-electron chi connectivity index (χ3n) is 2.22. The summed E-state index contributed by atoms with van der Waals surface area (Å²) in [6.45, 7) is 8.71. The Bertz CT molecular complexity index is 183. The molecule has 1 heterocycles. The summed E-state index contributed by atoms with van der Waals surface area (Å²) in [7, 11) is 0. The second-order valence-corrected chi connectivity index (χ2v) is 3.09. The number of hydrogen-bond acceptors (Lipinski definition) is 2. The van der Waals surface area contributed by atoms with Gasteiger partial charge in [-0.3, -0.25) is 9.59 Å². The molecule has 0 bridgehead atoms. The van der Waals surface area contributed by atoms with Crippen LogP contribution in [0.15, 0.2) is 0 Å². The second-order valence-electron chi connectivity index (χ2n) is 3.09. The van der Waals surface area contributed by atoms with E-state index in [0.29, 0.717) is 6.54 Å². The lowest BCUT2D eigenvalue weighted by atomic mass is 10.0. The normalized spacial score (nSPS) is 18.5. The van der Waals surface area contributed by atoms with Gasteiger partial charge in [0.15, 0.2) is 0 Å². The van der Waals surface area contributed by atoms with Gasteiger partial charge in [0.2, 0.25) is 6.41 Å². The van der Waals surface area contributed by atoms with E-state index in [1.807, 2.05) is 27.7 Å². The van der Waals surface area contributed by atoms with Gasteiger partial charge in [0.05, 0.1) is 6.42 Å². The fourth-order valence-corrected chi connectivity index (χ4v) is 1.58. The summed E-state index contributed by atoms with van der Waals surface area (Å²) in [6, 6.07) is -0.0752. The molecule has 4 heteroatoms. The van der Waals surface area contributed by atoms with Crippen LogP contribution in [-0.4, -0.2) is 35.0 Å². The van der Waals surface area contributed by atoms with Gasteiger partial charge in [-0.2, -0.15) is 0 Å². The number of aliphatic carboxylic acids is 1. The molecule has 1 rings (SSSR count). The van der Waals surface area contributed by atoms with Crippen molar-refractivity contribution in [1.29, 1.82) is 0 Å². The Kier molecular flexibility index (Phi) is 13.0. The minimum Gasteiger partial charge on any atom is -0.481 e. The van der Waals surface area contributed by atoms with Crippen molar-refractivity contribution in [2.45, 2.75) is 59.4 Å². The second kappa shape index (κ2) is 12.0. The number of amides is 1. The molecular weight excluding hydrogens is 206 g/mol. The lowest BCUT2D eigenvalue weighted by Crippen LogP contribution is -2.39. The molecule has 1 fully saturated rings. The number of carboxylic acid groups (broad SMARTS) is 1. The molecule has 0 aliphatic carbocycles. The van der Waals surface area contributed by atoms with Gasteiger partial charge in [-0.25, -0.2) is 0 Å². The zero-order valence-electron chi connectivity index (χ0n) is 10.9. The van der Waals surface area contributed by atoms with Gasteiger partial charge in [-0.05, 0) is 19.3 Å². The van der Waals surface area contributed by atoms with Gasteiger partial charge in [0, 0.05) is 12.6 Å². The summed E-state index contributed by atoms with van der Waals surface area (Å²) < 4.78 is 0. The average Bonchev–Trinajstić information content (AvgIpc) is 2.34. The molecule has 1 aliphatic heterocycles. The predicted molar refractivity (Wildman–Crippen MR) is 65.4 cm³/mol. The van der Waals surface area contributed by atoms with Crippen LogP contribution in [0.4, 0.5) is 0 Å². The van der Waals surface area contributed by atoms with Crippen LogP contribution in [-0.2, 0) is 9.59 Å². The maximum Gasteiger partial charge on any atom is 0.305 e. The Morgan fingerprint density at radius 3 is 2.31 bits per heavy atom. The molecule has 0 aromatic rings. The minimum absolute atomic E-state index is 0.0752.